The molecule has 0 aliphatic heterocycles. The van der Waals surface area contributed by atoms with Crippen molar-refractivity contribution in [2.75, 3.05) is 22.0 Å². The third-order valence-corrected chi connectivity index (χ3v) is 6.87. The number of unbranched alkanes of at least 4 members (excludes halogenated alkanes) is 1. The number of ether oxygens (including phenoxy) is 1. The zero-order valence-electron chi connectivity index (χ0n) is 21.2. The highest BCUT2D eigenvalue weighted by Crippen LogP contribution is 2.24. The standard InChI is InChI=1S/C28H31N5O3S/c1-4-5-18-36-25-14-16-26(17-15-25)37(34,35)33-24-12-10-23(11-13-24)32-28-19-27(29-21(3)30-28)31-22-8-6-20(2)7-9-22/h6-17,19,33H,4-5,18H2,1-3H3,(H2,29,30,31,32). The number of aromatic nitrogens is 2. The van der Waals surface area contributed by atoms with Crippen LogP contribution in [-0.4, -0.2) is 25.0 Å². The van der Waals surface area contributed by atoms with Crippen molar-refractivity contribution >= 4 is 38.7 Å². The van der Waals surface area contributed by atoms with Crippen LogP contribution < -0.4 is 20.1 Å². The molecule has 1 aromatic heterocycles. The van der Waals surface area contributed by atoms with Crippen LogP contribution in [0.15, 0.2) is 83.8 Å². The molecule has 37 heavy (non-hydrogen) atoms. The predicted octanol–water partition coefficient (Wildman–Crippen LogP) is 6.56. The van der Waals surface area contributed by atoms with Crippen molar-refractivity contribution in [2.45, 2.75) is 38.5 Å². The summed E-state index contributed by atoms with van der Waals surface area (Å²) in [7, 11) is -3.73. The summed E-state index contributed by atoms with van der Waals surface area (Å²) in [4.78, 5) is 9.08. The smallest absolute Gasteiger partial charge is 0.261 e. The lowest BCUT2D eigenvalue weighted by molar-refractivity contribution is 0.309. The number of nitrogens with zero attached hydrogens (tertiary/aromatic N) is 2. The zero-order valence-corrected chi connectivity index (χ0v) is 22.0. The maximum atomic E-state index is 12.8. The van der Waals surface area contributed by atoms with Crippen molar-refractivity contribution in [1.82, 2.24) is 9.97 Å². The Morgan fingerprint density at radius 3 is 1.86 bits per heavy atom. The second kappa shape index (κ2) is 11.7. The molecule has 192 valence electrons. The summed E-state index contributed by atoms with van der Waals surface area (Å²) in [6.45, 7) is 6.57. The van der Waals surface area contributed by atoms with Gasteiger partial charge in [-0.15, -0.1) is 0 Å². The fourth-order valence-electron chi connectivity index (χ4n) is 3.51. The number of anilines is 5. The minimum Gasteiger partial charge on any atom is -0.494 e. The fourth-order valence-corrected chi connectivity index (χ4v) is 4.57. The Labute approximate surface area is 218 Å². The normalized spacial score (nSPS) is 11.1. The van der Waals surface area contributed by atoms with E-state index in [-0.39, 0.29) is 4.90 Å². The number of aryl methyl sites for hydroxylation is 2. The van der Waals surface area contributed by atoms with Crippen molar-refractivity contribution in [3.05, 3.63) is 90.3 Å². The van der Waals surface area contributed by atoms with Crippen molar-refractivity contribution in [2.24, 2.45) is 0 Å². The van der Waals surface area contributed by atoms with E-state index in [2.05, 4.69) is 32.2 Å². The van der Waals surface area contributed by atoms with Gasteiger partial charge in [-0.05, 0) is 80.9 Å². The Balaban J connectivity index is 1.39. The first-order valence-corrected chi connectivity index (χ1v) is 13.6. The molecule has 0 radical (unpaired) electrons. The molecule has 3 N–H and O–H groups in total. The Kier molecular flexibility index (Phi) is 8.25. The van der Waals surface area contributed by atoms with Crippen LogP contribution in [0.25, 0.3) is 0 Å². The molecule has 0 spiro atoms. The van der Waals surface area contributed by atoms with Crippen LogP contribution >= 0.6 is 0 Å². The molecule has 0 saturated heterocycles. The number of nitrogens with one attached hydrogen (secondary N) is 3. The fraction of sp³-hybridized carbons (Fsp3) is 0.214. The monoisotopic (exact) mass is 517 g/mol. The van der Waals surface area contributed by atoms with Gasteiger partial charge in [0, 0.05) is 23.1 Å². The van der Waals surface area contributed by atoms with Gasteiger partial charge in [0.15, 0.2) is 0 Å². The van der Waals surface area contributed by atoms with Gasteiger partial charge in [-0.25, -0.2) is 18.4 Å². The van der Waals surface area contributed by atoms with E-state index < -0.39 is 10.0 Å². The van der Waals surface area contributed by atoms with Gasteiger partial charge < -0.3 is 15.4 Å². The first-order chi connectivity index (χ1) is 17.8. The van der Waals surface area contributed by atoms with Gasteiger partial charge in [0.25, 0.3) is 10.0 Å². The molecule has 3 aromatic carbocycles. The second-order valence-electron chi connectivity index (χ2n) is 8.66. The first kappa shape index (κ1) is 26.0. The van der Waals surface area contributed by atoms with Crippen LogP contribution in [0.3, 0.4) is 0 Å². The second-order valence-corrected chi connectivity index (χ2v) is 10.3. The Bertz CT molecular complexity index is 1420. The summed E-state index contributed by atoms with van der Waals surface area (Å²) in [6.07, 6.45) is 1.99. The van der Waals surface area contributed by atoms with Gasteiger partial charge in [0.2, 0.25) is 0 Å². The predicted molar refractivity (Wildman–Crippen MR) is 149 cm³/mol. The van der Waals surface area contributed by atoms with Crippen LogP contribution in [0.1, 0.15) is 31.2 Å². The van der Waals surface area contributed by atoms with Crippen molar-refractivity contribution in [3.63, 3.8) is 0 Å². The van der Waals surface area contributed by atoms with Gasteiger partial charge in [0.05, 0.1) is 11.5 Å². The van der Waals surface area contributed by atoms with E-state index in [1.807, 2.05) is 44.2 Å². The first-order valence-electron chi connectivity index (χ1n) is 12.1. The molecule has 0 aliphatic carbocycles. The Morgan fingerprint density at radius 2 is 1.30 bits per heavy atom. The van der Waals surface area contributed by atoms with E-state index in [9.17, 15) is 8.42 Å². The molecule has 0 fully saturated rings. The average molecular weight is 518 g/mol. The highest BCUT2D eigenvalue weighted by molar-refractivity contribution is 7.92. The molecule has 4 aromatic rings. The largest absolute Gasteiger partial charge is 0.494 e. The highest BCUT2D eigenvalue weighted by atomic mass is 32.2. The molecule has 0 unspecified atom stereocenters. The van der Waals surface area contributed by atoms with E-state index in [0.29, 0.717) is 35.5 Å². The number of hydrogen-bond acceptors (Lipinski definition) is 7. The lowest BCUT2D eigenvalue weighted by atomic mass is 10.2. The third kappa shape index (κ3) is 7.44. The van der Waals surface area contributed by atoms with Crippen LogP contribution in [0.4, 0.5) is 28.7 Å². The van der Waals surface area contributed by atoms with E-state index >= 15 is 0 Å². The Morgan fingerprint density at radius 1 is 0.757 bits per heavy atom. The SMILES string of the molecule is CCCCOc1ccc(S(=O)(=O)Nc2ccc(Nc3cc(Nc4ccc(C)cc4)nc(C)n3)cc2)cc1. The summed E-state index contributed by atoms with van der Waals surface area (Å²) in [6, 6.07) is 23.3. The Hall–Kier alpha value is -4.11. The topological polar surface area (TPSA) is 105 Å². The van der Waals surface area contributed by atoms with E-state index in [1.165, 1.54) is 5.56 Å². The van der Waals surface area contributed by atoms with Gasteiger partial charge >= 0.3 is 0 Å². The van der Waals surface area contributed by atoms with Crippen molar-refractivity contribution < 1.29 is 13.2 Å². The molecule has 0 bridgehead atoms. The molecule has 0 amide bonds. The van der Waals surface area contributed by atoms with Crippen LogP contribution in [-0.2, 0) is 10.0 Å². The van der Waals surface area contributed by atoms with Gasteiger partial charge in [-0.3, -0.25) is 4.72 Å². The number of rotatable bonds is 11. The molecule has 1 heterocycles. The van der Waals surface area contributed by atoms with E-state index in [1.54, 1.807) is 48.5 Å². The molecular formula is C28H31N5O3S. The van der Waals surface area contributed by atoms with Gasteiger partial charge in [-0.1, -0.05) is 31.0 Å². The van der Waals surface area contributed by atoms with Crippen molar-refractivity contribution in [3.8, 4) is 5.75 Å². The lowest BCUT2D eigenvalue weighted by Gasteiger charge is -2.12. The van der Waals surface area contributed by atoms with Gasteiger partial charge in [-0.2, -0.15) is 0 Å². The lowest BCUT2D eigenvalue weighted by Crippen LogP contribution is -2.12. The number of hydrogen-bond donors (Lipinski definition) is 3. The molecule has 4 rings (SSSR count). The average Bonchev–Trinajstić information content (AvgIpc) is 2.87. The highest BCUT2D eigenvalue weighted by Gasteiger charge is 2.14. The summed E-state index contributed by atoms with van der Waals surface area (Å²) in [5.74, 6) is 2.56. The molecule has 0 saturated carbocycles. The maximum absolute atomic E-state index is 12.8. The van der Waals surface area contributed by atoms with Crippen LogP contribution in [0.2, 0.25) is 0 Å². The van der Waals surface area contributed by atoms with Crippen LogP contribution in [0, 0.1) is 13.8 Å². The minimum atomic E-state index is -3.73. The molecule has 9 heteroatoms. The molecule has 8 nitrogen and oxygen atoms in total. The van der Waals surface area contributed by atoms with E-state index in [4.69, 9.17) is 4.74 Å². The maximum Gasteiger partial charge on any atom is 0.261 e. The third-order valence-electron chi connectivity index (χ3n) is 5.47. The number of sulfonamides is 1. The summed E-state index contributed by atoms with van der Waals surface area (Å²) < 4.78 is 33.8. The van der Waals surface area contributed by atoms with Crippen LogP contribution in [0.5, 0.6) is 5.75 Å². The summed E-state index contributed by atoms with van der Waals surface area (Å²) >= 11 is 0. The molecule has 0 aliphatic rings. The minimum absolute atomic E-state index is 0.169. The quantitative estimate of drug-likeness (QED) is 0.193. The molecular weight excluding hydrogens is 486 g/mol. The van der Waals surface area contributed by atoms with E-state index in [0.717, 1.165) is 24.2 Å². The summed E-state index contributed by atoms with van der Waals surface area (Å²) in [5.41, 5.74) is 3.33. The number of benzene rings is 3. The van der Waals surface area contributed by atoms with Gasteiger partial charge in [0.1, 0.15) is 23.2 Å². The molecule has 0 atom stereocenters. The van der Waals surface area contributed by atoms with Crippen molar-refractivity contribution in [1.29, 1.82) is 0 Å². The zero-order chi connectivity index (χ0) is 26.3. The summed E-state index contributed by atoms with van der Waals surface area (Å²) in [5, 5.41) is 6.54.